The van der Waals surface area contributed by atoms with E-state index in [1.807, 2.05) is 38.1 Å². The molecule has 0 aliphatic carbocycles. The van der Waals surface area contributed by atoms with E-state index in [4.69, 9.17) is 10.9 Å². The number of amidine groups is 1. The van der Waals surface area contributed by atoms with Gasteiger partial charge in [-0.3, -0.25) is 4.79 Å². The molecule has 1 amide bonds. The Balaban J connectivity index is 3.13. The van der Waals surface area contributed by atoms with Crippen LogP contribution in [-0.2, 0) is 4.79 Å². The first-order valence-corrected chi connectivity index (χ1v) is 8.13. The molecule has 0 atom stereocenters. The van der Waals surface area contributed by atoms with E-state index in [0.29, 0.717) is 12.8 Å². The summed E-state index contributed by atoms with van der Waals surface area (Å²) >= 11 is 2.17. The van der Waals surface area contributed by atoms with Gasteiger partial charge < -0.3 is 16.3 Å². The zero-order chi connectivity index (χ0) is 15.9. The van der Waals surface area contributed by atoms with E-state index < -0.39 is 5.41 Å². The number of amides is 1. The van der Waals surface area contributed by atoms with Crippen LogP contribution in [0.15, 0.2) is 29.4 Å². The van der Waals surface area contributed by atoms with Crippen molar-refractivity contribution >= 4 is 40.0 Å². The molecule has 1 aromatic carbocycles. The molecular formula is C15H22IN3O2. The lowest BCUT2D eigenvalue weighted by molar-refractivity contribution is -0.123. The molecule has 0 saturated heterocycles. The van der Waals surface area contributed by atoms with Crippen LogP contribution in [0.3, 0.4) is 0 Å². The largest absolute Gasteiger partial charge is 0.409 e. The zero-order valence-electron chi connectivity index (χ0n) is 12.4. The number of carbonyl (C=O) groups excluding carboxylic acids is 1. The first kappa shape index (κ1) is 17.7. The van der Waals surface area contributed by atoms with Gasteiger partial charge in [-0.2, -0.15) is 0 Å². The third-order valence-electron chi connectivity index (χ3n) is 3.51. The van der Waals surface area contributed by atoms with Gasteiger partial charge >= 0.3 is 0 Å². The number of oxime groups is 1. The second-order valence-electron chi connectivity index (χ2n) is 5.00. The number of halogens is 1. The molecular weight excluding hydrogens is 381 g/mol. The van der Waals surface area contributed by atoms with Gasteiger partial charge in [0.25, 0.3) is 0 Å². The number of nitrogens with two attached hydrogens (primary N) is 1. The van der Waals surface area contributed by atoms with Crippen molar-refractivity contribution in [1.29, 1.82) is 0 Å². The highest BCUT2D eigenvalue weighted by Gasteiger charge is 2.41. The van der Waals surface area contributed by atoms with Crippen LogP contribution in [0.25, 0.3) is 0 Å². The van der Waals surface area contributed by atoms with Crippen LogP contribution in [0.5, 0.6) is 0 Å². The summed E-state index contributed by atoms with van der Waals surface area (Å²) in [5.74, 6) is -0.236. The molecule has 0 spiro atoms. The Kier molecular flexibility index (Phi) is 6.94. The smallest absolute Gasteiger partial charge is 0.238 e. The Morgan fingerprint density at radius 2 is 1.90 bits per heavy atom. The van der Waals surface area contributed by atoms with Crippen molar-refractivity contribution in [2.24, 2.45) is 16.3 Å². The van der Waals surface area contributed by atoms with Crippen molar-refractivity contribution in [2.75, 3.05) is 5.32 Å². The Hall–Kier alpha value is -1.31. The molecule has 6 heteroatoms. The molecule has 0 fully saturated rings. The number of rotatable bonds is 7. The Labute approximate surface area is 139 Å². The lowest BCUT2D eigenvalue weighted by atomic mass is 9.77. The van der Waals surface area contributed by atoms with Crippen LogP contribution < -0.4 is 11.1 Å². The number of carbonyl (C=O) groups is 1. The molecule has 1 aromatic rings. The second kappa shape index (κ2) is 8.21. The summed E-state index contributed by atoms with van der Waals surface area (Å²) in [4.78, 5) is 12.8. The van der Waals surface area contributed by atoms with Crippen molar-refractivity contribution in [3.63, 3.8) is 0 Å². The summed E-state index contributed by atoms with van der Waals surface area (Å²) < 4.78 is 0.949. The van der Waals surface area contributed by atoms with Gasteiger partial charge in [0.05, 0.1) is 5.69 Å². The maximum Gasteiger partial charge on any atom is 0.238 e. The van der Waals surface area contributed by atoms with Crippen molar-refractivity contribution in [3.8, 4) is 0 Å². The average Bonchev–Trinajstić information content (AvgIpc) is 2.48. The zero-order valence-corrected chi connectivity index (χ0v) is 14.6. The van der Waals surface area contributed by atoms with Gasteiger partial charge in [-0.25, -0.2) is 0 Å². The monoisotopic (exact) mass is 403 g/mol. The highest BCUT2D eigenvalue weighted by molar-refractivity contribution is 14.1. The minimum Gasteiger partial charge on any atom is -0.409 e. The summed E-state index contributed by atoms with van der Waals surface area (Å²) in [5, 5.41) is 15.1. The van der Waals surface area contributed by atoms with E-state index in [1.165, 1.54) is 0 Å². The number of nitrogens with one attached hydrogen (secondary N) is 1. The summed E-state index contributed by atoms with van der Waals surface area (Å²) in [7, 11) is 0. The van der Waals surface area contributed by atoms with Crippen LogP contribution >= 0.6 is 22.6 Å². The lowest BCUT2D eigenvalue weighted by Gasteiger charge is -2.30. The summed E-state index contributed by atoms with van der Waals surface area (Å²) in [5.41, 5.74) is 5.63. The van der Waals surface area contributed by atoms with E-state index in [0.717, 1.165) is 22.1 Å². The third kappa shape index (κ3) is 4.09. The average molecular weight is 403 g/mol. The number of hydrogen-bond acceptors (Lipinski definition) is 3. The molecule has 0 aliphatic rings. The minimum atomic E-state index is -0.961. The van der Waals surface area contributed by atoms with E-state index in [2.05, 4.69) is 33.1 Å². The quantitative estimate of drug-likeness (QED) is 0.214. The molecule has 0 aliphatic heterocycles. The molecule has 21 heavy (non-hydrogen) atoms. The van der Waals surface area contributed by atoms with Crippen molar-refractivity contribution in [3.05, 3.63) is 27.8 Å². The Bertz CT molecular complexity index is 511. The number of anilines is 1. The van der Waals surface area contributed by atoms with Gasteiger partial charge in [-0.05, 0) is 47.6 Å². The van der Waals surface area contributed by atoms with Crippen LogP contribution in [0, 0.1) is 8.99 Å². The number of nitrogens with zero attached hydrogens (tertiary/aromatic N) is 1. The van der Waals surface area contributed by atoms with Gasteiger partial charge in [-0.1, -0.05) is 44.0 Å². The lowest BCUT2D eigenvalue weighted by Crippen LogP contribution is -2.47. The van der Waals surface area contributed by atoms with Crippen molar-refractivity contribution < 1.29 is 10.0 Å². The summed E-state index contributed by atoms with van der Waals surface area (Å²) in [6.07, 6.45) is 2.64. The van der Waals surface area contributed by atoms with E-state index in [1.54, 1.807) is 0 Å². The van der Waals surface area contributed by atoms with Gasteiger partial charge in [0.1, 0.15) is 5.41 Å². The summed E-state index contributed by atoms with van der Waals surface area (Å²) in [6.45, 7) is 3.96. The highest BCUT2D eigenvalue weighted by Crippen LogP contribution is 2.32. The molecule has 0 unspecified atom stereocenters. The highest BCUT2D eigenvalue weighted by atomic mass is 127. The van der Waals surface area contributed by atoms with E-state index >= 15 is 0 Å². The molecule has 1 rings (SSSR count). The van der Waals surface area contributed by atoms with Gasteiger partial charge in [0.15, 0.2) is 5.84 Å². The van der Waals surface area contributed by atoms with Crippen LogP contribution in [0.2, 0.25) is 0 Å². The Morgan fingerprint density at radius 3 is 2.38 bits per heavy atom. The fourth-order valence-electron chi connectivity index (χ4n) is 2.48. The molecule has 5 nitrogen and oxygen atoms in total. The predicted molar refractivity (Wildman–Crippen MR) is 93.4 cm³/mol. The fraction of sp³-hybridized carbons (Fsp3) is 0.467. The second-order valence-corrected chi connectivity index (χ2v) is 6.16. The first-order valence-electron chi connectivity index (χ1n) is 7.05. The number of para-hydroxylation sites is 1. The van der Waals surface area contributed by atoms with Gasteiger partial charge in [-0.15, -0.1) is 0 Å². The van der Waals surface area contributed by atoms with Crippen molar-refractivity contribution in [1.82, 2.24) is 0 Å². The Morgan fingerprint density at radius 1 is 1.33 bits per heavy atom. The molecule has 116 valence electrons. The maximum atomic E-state index is 12.8. The molecule has 0 heterocycles. The maximum absolute atomic E-state index is 12.8. The first-order chi connectivity index (χ1) is 10.0. The molecule has 0 radical (unpaired) electrons. The SMILES string of the molecule is CCCC(CCC)(C(=O)Nc1ccccc1I)C(N)=NO. The third-order valence-corrected chi connectivity index (χ3v) is 4.45. The van der Waals surface area contributed by atoms with Crippen molar-refractivity contribution in [2.45, 2.75) is 39.5 Å². The molecule has 0 saturated carbocycles. The van der Waals surface area contributed by atoms with E-state index in [9.17, 15) is 4.79 Å². The predicted octanol–water partition coefficient (Wildman–Crippen LogP) is 3.56. The van der Waals surface area contributed by atoms with Crippen LogP contribution in [0.1, 0.15) is 39.5 Å². The summed E-state index contributed by atoms with van der Waals surface area (Å²) in [6, 6.07) is 7.53. The standard InChI is InChI=1S/C15H22IN3O2/c1-3-9-15(10-4-2,13(17)19-21)14(20)18-12-8-6-5-7-11(12)16/h5-8,21H,3-4,9-10H2,1-2H3,(H2,17,19)(H,18,20). The molecule has 4 N–H and O–H groups in total. The topological polar surface area (TPSA) is 87.7 Å². The minimum absolute atomic E-state index is 0.0189. The van der Waals surface area contributed by atoms with Crippen LogP contribution in [-0.4, -0.2) is 17.0 Å². The van der Waals surface area contributed by atoms with Gasteiger partial charge in [0.2, 0.25) is 5.91 Å². The fourth-order valence-corrected chi connectivity index (χ4v) is 3.00. The normalized spacial score (nSPS) is 12.2. The van der Waals surface area contributed by atoms with E-state index in [-0.39, 0.29) is 11.7 Å². The van der Waals surface area contributed by atoms with Crippen LogP contribution in [0.4, 0.5) is 5.69 Å². The number of hydrogen-bond donors (Lipinski definition) is 3. The molecule has 0 aromatic heterocycles. The van der Waals surface area contributed by atoms with Gasteiger partial charge in [0, 0.05) is 3.57 Å². The molecule has 0 bridgehead atoms. The number of benzene rings is 1.